The Bertz CT molecular complexity index is 1210. The highest BCUT2D eigenvalue weighted by molar-refractivity contribution is 7.16. The second-order valence-corrected chi connectivity index (χ2v) is 7.85. The molecule has 148 valence electrons. The van der Waals surface area contributed by atoms with Crippen molar-refractivity contribution < 1.29 is 14.4 Å². The van der Waals surface area contributed by atoms with Crippen molar-refractivity contribution >= 4 is 39.3 Å². The fourth-order valence-corrected chi connectivity index (χ4v) is 4.28. The third-order valence-electron chi connectivity index (χ3n) is 4.94. The predicted octanol–water partition coefficient (Wildman–Crippen LogP) is 2.88. The number of aromatic nitrogens is 1. The van der Waals surface area contributed by atoms with Gasteiger partial charge in [-0.3, -0.25) is 19.3 Å². The van der Waals surface area contributed by atoms with Crippen LogP contribution in [0.1, 0.15) is 50.8 Å². The normalized spacial score (nSPS) is 14.0. The monoisotopic (exact) mass is 408 g/mol. The molecule has 1 N–H and O–H groups in total. The molecule has 0 saturated heterocycles. The van der Waals surface area contributed by atoms with E-state index < -0.39 is 5.91 Å². The van der Waals surface area contributed by atoms with Crippen molar-refractivity contribution in [2.75, 3.05) is 6.54 Å². The van der Waals surface area contributed by atoms with E-state index in [2.05, 4.69) is 10.5 Å². The minimum Gasteiger partial charge on any atom is -0.318 e. The number of rotatable bonds is 5. The van der Waals surface area contributed by atoms with E-state index in [0.29, 0.717) is 16.9 Å². The largest absolute Gasteiger partial charge is 0.318 e. The Morgan fingerprint density at radius 2 is 1.86 bits per heavy atom. The van der Waals surface area contributed by atoms with Crippen molar-refractivity contribution in [3.63, 3.8) is 0 Å². The fraction of sp³-hybridized carbons (Fsp3) is 0.238. The molecule has 1 aromatic heterocycles. The molecule has 2 aromatic carbocycles. The molecule has 29 heavy (non-hydrogen) atoms. The number of para-hydroxylation sites is 1. The third kappa shape index (κ3) is 3.36. The van der Waals surface area contributed by atoms with Gasteiger partial charge in [0.1, 0.15) is 0 Å². The molecule has 0 spiro atoms. The number of hydrogen-bond donors (Lipinski definition) is 1. The highest BCUT2D eigenvalue weighted by Crippen LogP contribution is 2.24. The lowest BCUT2D eigenvalue weighted by molar-refractivity contribution is 0.0652. The van der Waals surface area contributed by atoms with E-state index >= 15 is 0 Å². The van der Waals surface area contributed by atoms with E-state index in [1.807, 2.05) is 42.8 Å². The average molecular weight is 408 g/mol. The summed E-state index contributed by atoms with van der Waals surface area (Å²) in [6, 6.07) is 12.4. The number of hydrogen-bond acceptors (Lipinski definition) is 5. The number of carbonyl (C=O) groups is 3. The van der Waals surface area contributed by atoms with Gasteiger partial charge in [-0.25, -0.2) is 5.43 Å². The molecular weight excluding hydrogens is 388 g/mol. The maximum absolute atomic E-state index is 12.6. The standard InChI is InChI=1S/C21H20N4O3S/c1-3-4-11-25-19(27)14-10-9-13(12-15(14)20(25)28)18(26)22-23-21-24(2)16-7-5-6-8-17(16)29-21/h5-10,12H,3-4,11H2,1-2H3,(H,22,26). The van der Waals surface area contributed by atoms with Gasteiger partial charge in [0, 0.05) is 19.2 Å². The van der Waals surface area contributed by atoms with Gasteiger partial charge in [0.25, 0.3) is 17.7 Å². The zero-order chi connectivity index (χ0) is 20.5. The van der Waals surface area contributed by atoms with E-state index in [1.165, 1.54) is 28.4 Å². The summed E-state index contributed by atoms with van der Waals surface area (Å²) in [5, 5.41) is 4.22. The van der Waals surface area contributed by atoms with Gasteiger partial charge in [-0.2, -0.15) is 0 Å². The minimum atomic E-state index is -0.433. The second-order valence-electron chi connectivity index (χ2n) is 6.84. The first-order valence-corrected chi connectivity index (χ1v) is 10.2. The lowest BCUT2D eigenvalue weighted by Gasteiger charge is -2.12. The van der Waals surface area contributed by atoms with E-state index in [1.54, 1.807) is 6.07 Å². The van der Waals surface area contributed by atoms with Gasteiger partial charge in [0.05, 0.1) is 21.3 Å². The van der Waals surface area contributed by atoms with Crippen LogP contribution in [-0.4, -0.2) is 33.7 Å². The van der Waals surface area contributed by atoms with Gasteiger partial charge in [-0.15, -0.1) is 5.10 Å². The highest BCUT2D eigenvalue weighted by atomic mass is 32.1. The number of amides is 3. The molecule has 7 nitrogen and oxygen atoms in total. The van der Waals surface area contributed by atoms with Crippen LogP contribution in [0.3, 0.4) is 0 Å². The Morgan fingerprint density at radius 1 is 1.10 bits per heavy atom. The van der Waals surface area contributed by atoms with Crippen molar-refractivity contribution in [2.45, 2.75) is 19.8 Å². The van der Waals surface area contributed by atoms with Gasteiger partial charge < -0.3 is 4.57 Å². The van der Waals surface area contributed by atoms with Crippen molar-refractivity contribution in [3.8, 4) is 0 Å². The van der Waals surface area contributed by atoms with Crippen LogP contribution >= 0.6 is 11.3 Å². The SMILES string of the molecule is CCCCN1C(=O)c2ccc(C(=O)NN=c3sc4ccccc4n3C)cc2C1=O. The van der Waals surface area contributed by atoms with Crippen LogP contribution in [0.5, 0.6) is 0 Å². The van der Waals surface area contributed by atoms with Gasteiger partial charge in [-0.05, 0) is 36.8 Å². The van der Waals surface area contributed by atoms with Crippen LogP contribution in [0.4, 0.5) is 0 Å². The molecule has 1 aliphatic heterocycles. The van der Waals surface area contributed by atoms with Gasteiger partial charge in [0.2, 0.25) is 4.80 Å². The molecule has 4 rings (SSSR count). The number of fused-ring (bicyclic) bond motifs is 2. The molecule has 3 amide bonds. The van der Waals surface area contributed by atoms with Crippen molar-refractivity contribution in [2.24, 2.45) is 12.1 Å². The summed E-state index contributed by atoms with van der Waals surface area (Å²) in [5.74, 6) is -1.08. The lowest BCUT2D eigenvalue weighted by atomic mass is 10.1. The number of nitrogens with one attached hydrogen (secondary N) is 1. The molecule has 0 bridgehead atoms. The second kappa shape index (κ2) is 7.63. The van der Waals surface area contributed by atoms with E-state index in [9.17, 15) is 14.4 Å². The zero-order valence-corrected chi connectivity index (χ0v) is 17.0. The maximum Gasteiger partial charge on any atom is 0.271 e. The van der Waals surface area contributed by atoms with Crippen molar-refractivity contribution in [3.05, 3.63) is 64.0 Å². The lowest BCUT2D eigenvalue weighted by Crippen LogP contribution is -2.30. The fourth-order valence-electron chi connectivity index (χ4n) is 3.30. The first-order chi connectivity index (χ1) is 14.0. The summed E-state index contributed by atoms with van der Waals surface area (Å²) < 4.78 is 2.97. The Hall–Kier alpha value is -3.26. The topological polar surface area (TPSA) is 83.8 Å². The first kappa shape index (κ1) is 19.1. The van der Waals surface area contributed by atoms with Crippen LogP contribution < -0.4 is 10.2 Å². The Balaban J connectivity index is 1.58. The van der Waals surface area contributed by atoms with Crippen LogP contribution in [-0.2, 0) is 7.05 Å². The Kier molecular flexibility index (Phi) is 5.02. The van der Waals surface area contributed by atoms with Crippen LogP contribution in [0.25, 0.3) is 10.2 Å². The maximum atomic E-state index is 12.6. The van der Waals surface area contributed by atoms with Crippen LogP contribution in [0.15, 0.2) is 47.6 Å². The number of imide groups is 1. The molecule has 0 fully saturated rings. The summed E-state index contributed by atoms with van der Waals surface area (Å²) in [7, 11) is 1.88. The van der Waals surface area contributed by atoms with Crippen LogP contribution in [0, 0.1) is 0 Å². The molecular formula is C21H20N4O3S. The zero-order valence-electron chi connectivity index (χ0n) is 16.1. The van der Waals surface area contributed by atoms with Crippen molar-refractivity contribution in [1.29, 1.82) is 0 Å². The Labute approximate surface area is 171 Å². The first-order valence-electron chi connectivity index (χ1n) is 9.40. The molecule has 8 heteroatoms. The third-order valence-corrected chi connectivity index (χ3v) is 6.05. The average Bonchev–Trinajstić information content (AvgIpc) is 3.18. The molecule has 0 aliphatic carbocycles. The van der Waals surface area contributed by atoms with Crippen LogP contribution in [0.2, 0.25) is 0 Å². The molecule has 3 aromatic rings. The summed E-state index contributed by atoms with van der Waals surface area (Å²) >= 11 is 1.47. The van der Waals surface area contributed by atoms with Crippen molar-refractivity contribution in [1.82, 2.24) is 14.9 Å². The number of nitrogens with zero attached hydrogens (tertiary/aromatic N) is 3. The predicted molar refractivity (Wildman–Crippen MR) is 111 cm³/mol. The number of unbranched alkanes of at least 4 members (excludes halogenated alkanes) is 1. The molecule has 0 unspecified atom stereocenters. The summed E-state index contributed by atoms with van der Waals surface area (Å²) in [6.45, 7) is 2.39. The van der Waals surface area contributed by atoms with Gasteiger partial charge in [0.15, 0.2) is 0 Å². The molecule has 0 atom stereocenters. The number of carbonyl (C=O) groups excluding carboxylic acids is 3. The molecule has 2 heterocycles. The number of thiazole rings is 1. The Morgan fingerprint density at radius 3 is 2.62 bits per heavy atom. The molecule has 0 saturated carbocycles. The van der Waals surface area contributed by atoms with E-state index in [0.717, 1.165) is 23.1 Å². The van der Waals surface area contributed by atoms with Gasteiger partial charge >= 0.3 is 0 Å². The van der Waals surface area contributed by atoms with Gasteiger partial charge in [-0.1, -0.05) is 36.8 Å². The summed E-state index contributed by atoms with van der Waals surface area (Å²) in [4.78, 5) is 39.4. The molecule has 0 radical (unpaired) electrons. The smallest absolute Gasteiger partial charge is 0.271 e. The molecule has 1 aliphatic rings. The minimum absolute atomic E-state index is 0.270. The quantitative estimate of drug-likeness (QED) is 0.520. The van der Waals surface area contributed by atoms with E-state index in [-0.39, 0.29) is 22.9 Å². The number of benzene rings is 2. The van der Waals surface area contributed by atoms with E-state index in [4.69, 9.17) is 0 Å². The summed E-state index contributed by atoms with van der Waals surface area (Å²) in [6.07, 6.45) is 1.64. The highest BCUT2D eigenvalue weighted by Gasteiger charge is 2.35. The summed E-state index contributed by atoms with van der Waals surface area (Å²) in [5.41, 5.74) is 4.47. The number of aryl methyl sites for hydroxylation is 1.